The van der Waals surface area contributed by atoms with Crippen LogP contribution < -0.4 is 5.32 Å². The Morgan fingerprint density at radius 1 is 1.50 bits per heavy atom. The van der Waals surface area contributed by atoms with Gasteiger partial charge in [0.05, 0.1) is 5.25 Å². The minimum absolute atomic E-state index is 0.0918. The standard InChI is InChI=1S/C10H12BrNOS/c1-6-3-8(11)5-9(4-6)12-10(13)7(2)14/h3-5,7,14H,1-2H3,(H,12,13). The maximum atomic E-state index is 11.3. The fraction of sp³-hybridized carbons (Fsp3) is 0.300. The van der Waals surface area contributed by atoms with E-state index in [1.807, 2.05) is 25.1 Å². The van der Waals surface area contributed by atoms with Gasteiger partial charge in [-0.3, -0.25) is 4.79 Å². The highest BCUT2D eigenvalue weighted by Gasteiger charge is 2.07. The number of rotatable bonds is 2. The second kappa shape index (κ2) is 4.84. The summed E-state index contributed by atoms with van der Waals surface area (Å²) < 4.78 is 0.958. The van der Waals surface area contributed by atoms with Crippen molar-refractivity contribution in [3.8, 4) is 0 Å². The van der Waals surface area contributed by atoms with Crippen molar-refractivity contribution in [2.45, 2.75) is 19.1 Å². The summed E-state index contributed by atoms with van der Waals surface area (Å²) in [7, 11) is 0. The molecule has 0 saturated heterocycles. The molecular weight excluding hydrogens is 262 g/mol. The van der Waals surface area contributed by atoms with Gasteiger partial charge in [-0.25, -0.2) is 0 Å². The van der Waals surface area contributed by atoms with Crippen LogP contribution in [0.3, 0.4) is 0 Å². The Morgan fingerprint density at radius 3 is 2.64 bits per heavy atom. The number of halogens is 1. The summed E-state index contributed by atoms with van der Waals surface area (Å²) >= 11 is 7.42. The van der Waals surface area contributed by atoms with Crippen molar-refractivity contribution in [2.75, 3.05) is 5.32 Å². The number of hydrogen-bond donors (Lipinski definition) is 2. The van der Waals surface area contributed by atoms with Gasteiger partial charge >= 0.3 is 0 Å². The zero-order valence-electron chi connectivity index (χ0n) is 8.04. The summed E-state index contributed by atoms with van der Waals surface area (Å²) in [6.45, 7) is 3.72. The van der Waals surface area contributed by atoms with Crippen molar-refractivity contribution < 1.29 is 4.79 Å². The molecule has 0 aliphatic heterocycles. The number of nitrogens with one attached hydrogen (secondary N) is 1. The number of hydrogen-bond acceptors (Lipinski definition) is 2. The summed E-state index contributed by atoms with van der Waals surface area (Å²) in [6.07, 6.45) is 0. The average Bonchev–Trinajstić information content (AvgIpc) is 2.01. The first kappa shape index (κ1) is 11.6. The first-order valence-corrected chi connectivity index (χ1v) is 5.56. The molecule has 1 atom stereocenters. The summed E-state index contributed by atoms with van der Waals surface area (Å²) in [5, 5.41) is 2.48. The van der Waals surface area contributed by atoms with Crippen molar-refractivity contribution >= 4 is 40.2 Å². The van der Waals surface area contributed by atoms with E-state index in [9.17, 15) is 4.79 Å². The van der Waals surface area contributed by atoms with Crippen LogP contribution in [0.2, 0.25) is 0 Å². The molecule has 0 fully saturated rings. The molecule has 1 amide bonds. The lowest BCUT2D eigenvalue weighted by Crippen LogP contribution is -2.20. The predicted octanol–water partition coefficient (Wildman–Crippen LogP) is 3.01. The van der Waals surface area contributed by atoms with Crippen LogP contribution in [0.5, 0.6) is 0 Å². The smallest absolute Gasteiger partial charge is 0.236 e. The highest BCUT2D eigenvalue weighted by Crippen LogP contribution is 2.19. The van der Waals surface area contributed by atoms with Gasteiger partial charge < -0.3 is 5.32 Å². The van der Waals surface area contributed by atoms with Gasteiger partial charge in [-0.2, -0.15) is 12.6 Å². The fourth-order valence-electron chi connectivity index (χ4n) is 1.06. The van der Waals surface area contributed by atoms with Crippen LogP contribution in [0.1, 0.15) is 12.5 Å². The zero-order valence-corrected chi connectivity index (χ0v) is 10.5. The Balaban J connectivity index is 2.82. The van der Waals surface area contributed by atoms with Crippen LogP contribution in [0, 0.1) is 6.92 Å². The molecule has 0 radical (unpaired) electrons. The van der Waals surface area contributed by atoms with Crippen LogP contribution in [0.25, 0.3) is 0 Å². The van der Waals surface area contributed by atoms with Gasteiger partial charge in [0, 0.05) is 10.2 Å². The number of carbonyl (C=O) groups excluding carboxylic acids is 1. The number of aryl methyl sites for hydroxylation is 1. The van der Waals surface area contributed by atoms with Crippen molar-refractivity contribution in [3.05, 3.63) is 28.2 Å². The van der Waals surface area contributed by atoms with Gasteiger partial charge in [-0.05, 0) is 37.6 Å². The van der Waals surface area contributed by atoms with Gasteiger partial charge in [0.1, 0.15) is 0 Å². The van der Waals surface area contributed by atoms with Crippen LogP contribution in [0.15, 0.2) is 22.7 Å². The predicted molar refractivity (Wildman–Crippen MR) is 66.0 cm³/mol. The number of carbonyl (C=O) groups is 1. The Labute approximate surface area is 97.6 Å². The summed E-state index contributed by atoms with van der Waals surface area (Å²) in [5.74, 6) is -0.0918. The molecule has 0 aromatic heterocycles. The Hall–Kier alpha value is -0.480. The first-order valence-electron chi connectivity index (χ1n) is 4.25. The van der Waals surface area contributed by atoms with E-state index < -0.39 is 0 Å². The topological polar surface area (TPSA) is 29.1 Å². The molecule has 1 unspecified atom stereocenters. The third kappa shape index (κ3) is 3.35. The van der Waals surface area contributed by atoms with Gasteiger partial charge in [0.25, 0.3) is 0 Å². The highest BCUT2D eigenvalue weighted by molar-refractivity contribution is 9.10. The lowest BCUT2D eigenvalue weighted by molar-refractivity contribution is -0.115. The molecule has 0 bridgehead atoms. The molecule has 0 aliphatic carbocycles. The molecule has 1 aromatic rings. The van der Waals surface area contributed by atoms with E-state index in [2.05, 4.69) is 33.9 Å². The molecule has 4 heteroatoms. The third-order valence-electron chi connectivity index (χ3n) is 1.69. The second-order valence-corrected chi connectivity index (χ2v) is 4.87. The number of amides is 1. The summed E-state index contributed by atoms with van der Waals surface area (Å²) in [5.41, 5.74) is 1.89. The zero-order chi connectivity index (χ0) is 10.7. The summed E-state index contributed by atoms with van der Waals surface area (Å²) in [6, 6.07) is 5.76. The molecule has 1 N–H and O–H groups in total. The second-order valence-electron chi connectivity index (χ2n) is 3.18. The van der Waals surface area contributed by atoms with E-state index in [1.54, 1.807) is 6.92 Å². The number of thiol groups is 1. The molecule has 0 aliphatic rings. The van der Waals surface area contributed by atoms with E-state index in [0.717, 1.165) is 15.7 Å². The Kier molecular flexibility index (Phi) is 4.01. The minimum atomic E-state index is -0.297. The molecule has 0 saturated carbocycles. The van der Waals surface area contributed by atoms with Crippen molar-refractivity contribution in [2.24, 2.45) is 0 Å². The minimum Gasteiger partial charge on any atom is -0.325 e. The Bertz CT molecular complexity index is 332. The van der Waals surface area contributed by atoms with E-state index in [-0.39, 0.29) is 11.2 Å². The first-order chi connectivity index (χ1) is 6.49. The maximum absolute atomic E-state index is 11.3. The van der Waals surface area contributed by atoms with Gasteiger partial charge in [0.15, 0.2) is 0 Å². The molecule has 2 nitrogen and oxygen atoms in total. The normalized spacial score (nSPS) is 12.3. The Morgan fingerprint density at radius 2 is 2.14 bits per heavy atom. The quantitative estimate of drug-likeness (QED) is 0.797. The maximum Gasteiger partial charge on any atom is 0.236 e. The number of anilines is 1. The molecule has 0 heterocycles. The fourth-order valence-corrected chi connectivity index (χ4v) is 1.73. The molecule has 1 aromatic carbocycles. The average molecular weight is 274 g/mol. The summed E-state index contributed by atoms with van der Waals surface area (Å²) in [4.78, 5) is 11.3. The van der Waals surface area contributed by atoms with Crippen LogP contribution >= 0.6 is 28.6 Å². The van der Waals surface area contributed by atoms with Crippen molar-refractivity contribution in [1.29, 1.82) is 0 Å². The SMILES string of the molecule is Cc1cc(Br)cc(NC(=O)C(C)S)c1. The van der Waals surface area contributed by atoms with Crippen molar-refractivity contribution in [1.82, 2.24) is 0 Å². The van der Waals surface area contributed by atoms with Gasteiger partial charge in [-0.15, -0.1) is 0 Å². The van der Waals surface area contributed by atoms with Crippen molar-refractivity contribution in [3.63, 3.8) is 0 Å². The van der Waals surface area contributed by atoms with Crippen LogP contribution in [-0.2, 0) is 4.79 Å². The molecule has 14 heavy (non-hydrogen) atoms. The molecule has 1 rings (SSSR count). The van der Waals surface area contributed by atoms with Gasteiger partial charge in [0.2, 0.25) is 5.91 Å². The molecular formula is C10H12BrNOS. The largest absolute Gasteiger partial charge is 0.325 e. The number of benzene rings is 1. The molecule has 0 spiro atoms. The lowest BCUT2D eigenvalue weighted by Gasteiger charge is -2.08. The van der Waals surface area contributed by atoms with Gasteiger partial charge in [-0.1, -0.05) is 15.9 Å². The van der Waals surface area contributed by atoms with E-state index in [4.69, 9.17) is 0 Å². The third-order valence-corrected chi connectivity index (χ3v) is 2.38. The van der Waals surface area contributed by atoms with Crippen LogP contribution in [0.4, 0.5) is 5.69 Å². The lowest BCUT2D eigenvalue weighted by atomic mass is 10.2. The van der Waals surface area contributed by atoms with E-state index in [0.29, 0.717) is 0 Å². The monoisotopic (exact) mass is 273 g/mol. The highest BCUT2D eigenvalue weighted by atomic mass is 79.9. The van der Waals surface area contributed by atoms with E-state index in [1.165, 1.54) is 0 Å². The van der Waals surface area contributed by atoms with E-state index >= 15 is 0 Å². The molecule has 76 valence electrons. The van der Waals surface area contributed by atoms with Crippen LogP contribution in [-0.4, -0.2) is 11.2 Å².